The van der Waals surface area contributed by atoms with Crippen molar-refractivity contribution in [2.24, 2.45) is 0 Å². The number of halogens is 2. The van der Waals surface area contributed by atoms with Gasteiger partial charge in [-0.3, -0.25) is 14.2 Å². The Bertz CT molecular complexity index is 3740. The fourth-order valence-corrected chi connectivity index (χ4v) is 12.1. The zero-order valence-corrected chi connectivity index (χ0v) is 51.5. The number of carbonyl (C=O) groups is 3. The molecular formula is C63H71FIN11O10. The van der Waals surface area contributed by atoms with E-state index < -0.39 is 35.6 Å². The van der Waals surface area contributed by atoms with Gasteiger partial charge in [0, 0.05) is 66.9 Å². The lowest BCUT2D eigenvalue weighted by Gasteiger charge is -2.37. The predicted molar refractivity (Wildman–Crippen MR) is 331 cm³/mol. The Morgan fingerprint density at radius 1 is 0.663 bits per heavy atom. The van der Waals surface area contributed by atoms with E-state index in [1.807, 2.05) is 82.2 Å². The number of aromatic nitrogens is 6. The average molecular weight is 1290 g/mol. The number of rotatable bonds is 19. The van der Waals surface area contributed by atoms with E-state index in [0.717, 1.165) is 71.7 Å². The van der Waals surface area contributed by atoms with Crippen LogP contribution in [0.1, 0.15) is 111 Å². The van der Waals surface area contributed by atoms with Gasteiger partial charge in [-0.25, -0.2) is 23.9 Å². The van der Waals surface area contributed by atoms with Crippen molar-refractivity contribution in [2.45, 2.75) is 122 Å². The number of fused-ring (bicyclic) bond motifs is 2. The summed E-state index contributed by atoms with van der Waals surface area (Å²) in [5.41, 5.74) is 4.92. The van der Waals surface area contributed by atoms with Crippen molar-refractivity contribution in [3.63, 3.8) is 0 Å². The molecule has 0 spiro atoms. The van der Waals surface area contributed by atoms with Crippen molar-refractivity contribution in [1.29, 1.82) is 0 Å². The first-order chi connectivity index (χ1) is 41.5. The van der Waals surface area contributed by atoms with Crippen molar-refractivity contribution in [1.82, 2.24) is 45.2 Å². The van der Waals surface area contributed by atoms with Crippen LogP contribution in [-0.4, -0.2) is 106 Å². The number of pyridine rings is 2. The first-order valence-electron chi connectivity index (χ1n) is 28.6. The molecule has 4 atom stereocenters. The third-order valence-corrected chi connectivity index (χ3v) is 16.3. The molecule has 0 unspecified atom stereocenters. The second-order valence-corrected chi connectivity index (χ2v) is 23.3. The zero-order valence-electron chi connectivity index (χ0n) is 49.4. The van der Waals surface area contributed by atoms with Crippen LogP contribution in [-0.2, 0) is 29.2 Å². The largest absolute Gasteiger partial charge is 0.497 e. The van der Waals surface area contributed by atoms with E-state index in [9.17, 15) is 18.8 Å². The predicted octanol–water partition coefficient (Wildman–Crippen LogP) is 12.3. The van der Waals surface area contributed by atoms with E-state index in [0.29, 0.717) is 91.9 Å². The molecule has 4 aromatic carbocycles. The van der Waals surface area contributed by atoms with Gasteiger partial charge in [0.15, 0.2) is 0 Å². The maximum atomic E-state index is 14.3. The summed E-state index contributed by atoms with van der Waals surface area (Å²) in [7, 11) is 7.89. The minimum atomic E-state index is -0.896. The molecule has 0 radical (unpaired) electrons. The van der Waals surface area contributed by atoms with Crippen LogP contribution in [0.15, 0.2) is 103 Å². The number of hydrogen-bond acceptors (Lipinski definition) is 16. The molecule has 2 aliphatic rings. The SMILES string of the molecule is COc1ccc(CNc2nccc3c2c(I)nn3[C@@H]2CCC[C@@H](NC(=O)ON(C(=O)OC(C)(C)C)[C@@H]3CCC[C@@H](n4nc(-c5ccc(CNC(=O)c6cc(F)ccc6OC)cc5)c5c(NCc6ccc(OC)cc6OC)nccc54)C3)C2)c(OC)c1. The van der Waals surface area contributed by atoms with E-state index in [1.54, 1.807) is 61.6 Å². The lowest BCUT2D eigenvalue weighted by atomic mass is 9.90. The van der Waals surface area contributed by atoms with Gasteiger partial charge in [-0.1, -0.05) is 24.3 Å². The molecule has 4 N–H and O–H groups in total. The van der Waals surface area contributed by atoms with E-state index in [2.05, 4.69) is 43.9 Å². The molecule has 21 nitrogen and oxygen atoms in total. The number of methoxy groups -OCH3 is 5. The van der Waals surface area contributed by atoms with Gasteiger partial charge in [0.05, 0.1) is 81.0 Å². The average Bonchev–Trinajstić information content (AvgIpc) is 1.72. The highest BCUT2D eigenvalue weighted by Crippen LogP contribution is 2.41. The molecule has 0 aliphatic heterocycles. The van der Waals surface area contributed by atoms with Crippen LogP contribution in [0.2, 0.25) is 0 Å². The molecular weight excluding hydrogens is 1220 g/mol. The van der Waals surface area contributed by atoms with Crippen LogP contribution in [0.3, 0.4) is 0 Å². The molecule has 0 bridgehead atoms. The molecule has 23 heteroatoms. The summed E-state index contributed by atoms with van der Waals surface area (Å²) >= 11 is 2.25. The van der Waals surface area contributed by atoms with Gasteiger partial charge in [0.1, 0.15) is 61.2 Å². The number of carbonyl (C=O) groups excluding carboxylic acids is 3. The molecule has 8 aromatic rings. The molecule has 4 heterocycles. The fraction of sp³-hybridized carbons (Fsp3) is 0.381. The van der Waals surface area contributed by atoms with Crippen molar-refractivity contribution in [2.75, 3.05) is 46.2 Å². The smallest absolute Gasteiger partial charge is 0.444 e. The van der Waals surface area contributed by atoms with E-state index in [-0.39, 0.29) is 36.0 Å². The van der Waals surface area contributed by atoms with Crippen LogP contribution < -0.4 is 45.0 Å². The van der Waals surface area contributed by atoms with Crippen molar-refractivity contribution < 1.29 is 52.0 Å². The minimum absolute atomic E-state index is 0.0492. The first kappa shape index (κ1) is 60.5. The van der Waals surface area contributed by atoms with Crippen molar-refractivity contribution in [3.05, 3.63) is 135 Å². The van der Waals surface area contributed by atoms with Gasteiger partial charge in [0.25, 0.3) is 5.91 Å². The Balaban J connectivity index is 0.882. The lowest BCUT2D eigenvalue weighted by molar-refractivity contribution is -0.134. The summed E-state index contributed by atoms with van der Waals surface area (Å²) < 4.78 is 52.5. The topological polar surface area (TPSA) is 229 Å². The summed E-state index contributed by atoms with van der Waals surface area (Å²) in [6.45, 7) is 6.30. The molecule has 4 aromatic heterocycles. The third-order valence-electron chi connectivity index (χ3n) is 15.5. The van der Waals surface area contributed by atoms with Crippen LogP contribution in [0.5, 0.6) is 28.7 Å². The number of hydrogen-bond donors (Lipinski definition) is 4. The molecule has 3 amide bonds. The maximum Gasteiger partial charge on any atom is 0.444 e. The monoisotopic (exact) mass is 1290 g/mol. The second kappa shape index (κ2) is 26.8. The molecule has 0 saturated heterocycles. The number of amides is 3. The summed E-state index contributed by atoms with van der Waals surface area (Å²) in [5, 5.41) is 26.2. The van der Waals surface area contributed by atoms with Gasteiger partial charge in [-0.2, -0.15) is 10.2 Å². The van der Waals surface area contributed by atoms with Gasteiger partial charge >= 0.3 is 12.2 Å². The van der Waals surface area contributed by atoms with E-state index in [1.165, 1.54) is 19.2 Å². The Labute approximate surface area is 511 Å². The molecule has 86 heavy (non-hydrogen) atoms. The number of anilines is 2. The van der Waals surface area contributed by atoms with E-state index in [4.69, 9.17) is 53.4 Å². The van der Waals surface area contributed by atoms with Gasteiger partial charge in [-0.15, -0.1) is 5.06 Å². The second-order valence-electron chi connectivity index (χ2n) is 22.2. The maximum absolute atomic E-state index is 14.3. The summed E-state index contributed by atoms with van der Waals surface area (Å²) in [4.78, 5) is 57.4. The number of ether oxygens (including phenoxy) is 6. The van der Waals surface area contributed by atoms with Crippen LogP contribution in [0, 0.1) is 9.52 Å². The Kier molecular flexibility index (Phi) is 18.8. The number of benzene rings is 4. The molecule has 10 rings (SSSR count). The van der Waals surface area contributed by atoms with E-state index >= 15 is 0 Å². The molecule has 2 fully saturated rings. The zero-order chi connectivity index (χ0) is 60.6. The Morgan fingerprint density at radius 2 is 1.26 bits per heavy atom. The number of hydroxylamine groups is 2. The summed E-state index contributed by atoms with van der Waals surface area (Å²) in [5.74, 6) is 3.20. The Morgan fingerprint density at radius 3 is 1.87 bits per heavy atom. The molecule has 2 aliphatic carbocycles. The fourth-order valence-electron chi connectivity index (χ4n) is 11.4. The Hall–Kier alpha value is -8.61. The first-order valence-corrected chi connectivity index (χ1v) is 29.6. The highest BCUT2D eigenvalue weighted by Gasteiger charge is 2.38. The molecule has 2 saturated carbocycles. The van der Waals surface area contributed by atoms with Crippen molar-refractivity contribution in [3.8, 4) is 40.0 Å². The van der Waals surface area contributed by atoms with Crippen molar-refractivity contribution >= 4 is 74.1 Å². The van der Waals surface area contributed by atoms with Gasteiger partial charge < -0.3 is 54.5 Å². The van der Waals surface area contributed by atoms with Crippen LogP contribution >= 0.6 is 22.6 Å². The lowest BCUT2D eigenvalue weighted by Crippen LogP contribution is -2.49. The highest BCUT2D eigenvalue weighted by molar-refractivity contribution is 14.1. The van der Waals surface area contributed by atoms with Gasteiger partial charge in [0.2, 0.25) is 0 Å². The summed E-state index contributed by atoms with van der Waals surface area (Å²) in [6, 6.07) is 25.5. The quantitative estimate of drug-likeness (QED) is 0.0436. The third kappa shape index (κ3) is 13.7. The van der Waals surface area contributed by atoms with Crippen LogP contribution in [0.25, 0.3) is 33.1 Å². The molecule has 452 valence electrons. The van der Waals surface area contributed by atoms with Gasteiger partial charge in [-0.05, 0) is 155 Å². The standard InChI is InChI=1S/C63H71FIN11O10/c1-63(2,3)85-62(79)76(86-61(78)71-42-11-9-12-43(30-42)75-50-26-28-67-59(55(50)57(65)73-75)69-36-40-20-23-47(81-5)33-53(40)84-8)45-14-10-13-44(31-45)74-49-25-27-66-58(68-35-39-19-22-46(80-4)32-52(39)83-7)54(49)56(72-74)38-17-15-37(16-18-38)34-70-60(77)48-29-41(64)21-24-51(48)82-6/h15-29,32-33,42-45H,9-14,30-31,34-36H2,1-8H3,(H,66,68)(H,67,69)(H,70,77)(H,71,78)/t42-,43-,44-,45-/m1/s1. The number of nitrogens with one attached hydrogen (secondary N) is 4. The number of nitrogens with zero attached hydrogens (tertiary/aromatic N) is 7. The normalized spacial score (nSPS) is 16.9. The van der Waals surface area contributed by atoms with Crippen LogP contribution in [0.4, 0.5) is 25.6 Å². The highest BCUT2D eigenvalue weighted by atomic mass is 127. The minimum Gasteiger partial charge on any atom is -0.497 e. The summed E-state index contributed by atoms with van der Waals surface area (Å²) in [6.07, 6.45) is 7.21.